The van der Waals surface area contributed by atoms with Crippen LogP contribution in [-0.4, -0.2) is 21.6 Å². The van der Waals surface area contributed by atoms with Crippen LogP contribution in [0.2, 0.25) is 0 Å². The summed E-state index contributed by atoms with van der Waals surface area (Å²) in [6.07, 6.45) is 4.13. The maximum atomic E-state index is 12.2. The van der Waals surface area contributed by atoms with E-state index in [-0.39, 0.29) is 10.8 Å². The number of amides is 1. The highest BCUT2D eigenvalue weighted by atomic mass is 32.1. The molecule has 0 saturated heterocycles. The van der Waals surface area contributed by atoms with Gasteiger partial charge in [-0.05, 0) is 43.5 Å². The van der Waals surface area contributed by atoms with Gasteiger partial charge in [0.05, 0.1) is 5.00 Å². The Balaban J connectivity index is 1.80. The summed E-state index contributed by atoms with van der Waals surface area (Å²) in [5.41, 5.74) is 1.28. The van der Waals surface area contributed by atoms with E-state index in [1.54, 1.807) is 19.1 Å². The Morgan fingerprint density at radius 1 is 1.45 bits per heavy atom. The first kappa shape index (κ1) is 12.9. The summed E-state index contributed by atoms with van der Waals surface area (Å²) in [5, 5.41) is 12.4. The van der Waals surface area contributed by atoms with Crippen molar-refractivity contribution in [2.24, 2.45) is 0 Å². The third-order valence-electron chi connectivity index (χ3n) is 3.30. The number of hydrogen-bond acceptors (Lipinski definition) is 3. The molecule has 0 aromatic carbocycles. The number of nitrogens with zero attached hydrogens (tertiary/aromatic N) is 1. The van der Waals surface area contributed by atoms with Crippen LogP contribution in [0.1, 0.15) is 44.6 Å². The van der Waals surface area contributed by atoms with Gasteiger partial charge in [0.25, 0.3) is 5.91 Å². The fourth-order valence-electron chi connectivity index (χ4n) is 2.19. The topological polar surface area (TPSA) is 71.3 Å². The van der Waals surface area contributed by atoms with Gasteiger partial charge in [0, 0.05) is 12.2 Å². The summed E-state index contributed by atoms with van der Waals surface area (Å²) >= 11 is 1.08. The lowest BCUT2D eigenvalue weighted by Gasteiger charge is -2.07. The number of aromatic nitrogens is 1. The Hall–Kier alpha value is -2.08. The maximum Gasteiger partial charge on any atom is 0.346 e. The predicted octanol–water partition coefficient (Wildman–Crippen LogP) is 3.14. The van der Waals surface area contributed by atoms with Crippen LogP contribution in [0.4, 0.5) is 5.00 Å². The highest BCUT2D eigenvalue weighted by Crippen LogP contribution is 2.36. The van der Waals surface area contributed by atoms with Crippen LogP contribution in [0.5, 0.6) is 0 Å². The molecule has 20 heavy (non-hydrogen) atoms. The zero-order chi connectivity index (χ0) is 14.3. The molecule has 1 saturated carbocycles. The van der Waals surface area contributed by atoms with Crippen molar-refractivity contribution < 1.29 is 14.7 Å². The number of nitrogens with one attached hydrogen (secondary N) is 1. The Morgan fingerprint density at radius 2 is 2.20 bits per heavy atom. The number of carbonyl (C=O) groups is 2. The number of rotatable bonds is 4. The van der Waals surface area contributed by atoms with Crippen molar-refractivity contribution in [2.45, 2.75) is 25.8 Å². The van der Waals surface area contributed by atoms with E-state index in [9.17, 15) is 9.59 Å². The van der Waals surface area contributed by atoms with Crippen LogP contribution in [0.25, 0.3) is 0 Å². The minimum atomic E-state index is -0.964. The van der Waals surface area contributed by atoms with Gasteiger partial charge in [0.1, 0.15) is 10.6 Å². The van der Waals surface area contributed by atoms with Gasteiger partial charge in [0.15, 0.2) is 0 Å². The van der Waals surface area contributed by atoms with E-state index in [2.05, 4.69) is 5.32 Å². The summed E-state index contributed by atoms with van der Waals surface area (Å²) < 4.78 is 1.98. The maximum absolute atomic E-state index is 12.2. The molecule has 1 aliphatic rings. The number of anilines is 1. The molecule has 2 N–H and O–H groups in total. The predicted molar refractivity (Wildman–Crippen MR) is 76.7 cm³/mol. The van der Waals surface area contributed by atoms with Gasteiger partial charge in [-0.2, -0.15) is 0 Å². The first-order valence-corrected chi connectivity index (χ1v) is 7.20. The number of carboxylic acid groups (broad SMARTS) is 1. The summed E-state index contributed by atoms with van der Waals surface area (Å²) in [6, 6.07) is 5.77. The van der Waals surface area contributed by atoms with Crippen LogP contribution in [-0.2, 0) is 0 Å². The Kier molecular flexibility index (Phi) is 3.10. The van der Waals surface area contributed by atoms with Gasteiger partial charge in [-0.3, -0.25) is 4.79 Å². The summed E-state index contributed by atoms with van der Waals surface area (Å²) in [6.45, 7) is 1.72. The molecule has 5 nitrogen and oxygen atoms in total. The zero-order valence-electron chi connectivity index (χ0n) is 10.9. The summed E-state index contributed by atoms with van der Waals surface area (Å²) in [5.74, 6) is -1.16. The number of carbonyl (C=O) groups excluding carboxylic acids is 1. The molecule has 6 heteroatoms. The molecule has 0 unspecified atom stereocenters. The van der Waals surface area contributed by atoms with E-state index >= 15 is 0 Å². The number of aromatic carboxylic acids is 1. The fraction of sp³-hybridized carbons (Fsp3) is 0.286. The molecule has 0 aliphatic heterocycles. The van der Waals surface area contributed by atoms with Crippen molar-refractivity contribution in [1.82, 2.24) is 4.57 Å². The molecule has 0 spiro atoms. The lowest BCUT2D eigenvalue weighted by atomic mass is 10.3. The molecule has 1 amide bonds. The van der Waals surface area contributed by atoms with Crippen molar-refractivity contribution >= 4 is 28.2 Å². The number of carboxylic acids is 1. The largest absolute Gasteiger partial charge is 0.477 e. The number of aryl methyl sites for hydroxylation is 1. The van der Waals surface area contributed by atoms with Gasteiger partial charge < -0.3 is 15.0 Å². The van der Waals surface area contributed by atoms with Crippen LogP contribution in [0.15, 0.2) is 24.4 Å². The van der Waals surface area contributed by atoms with Crippen molar-refractivity contribution in [3.63, 3.8) is 0 Å². The number of thiophene rings is 1. The lowest BCUT2D eigenvalue weighted by molar-refractivity contribution is 0.0701. The van der Waals surface area contributed by atoms with Gasteiger partial charge in [-0.25, -0.2) is 4.79 Å². The fourth-order valence-corrected chi connectivity index (χ4v) is 3.10. The molecule has 104 valence electrons. The normalized spacial score (nSPS) is 14.2. The number of hydrogen-bond donors (Lipinski definition) is 2. The quantitative estimate of drug-likeness (QED) is 0.908. The molecule has 3 rings (SSSR count). The van der Waals surface area contributed by atoms with E-state index in [1.165, 1.54) is 0 Å². The average molecular weight is 290 g/mol. The van der Waals surface area contributed by atoms with Crippen molar-refractivity contribution in [1.29, 1.82) is 0 Å². The van der Waals surface area contributed by atoms with Gasteiger partial charge in [-0.15, -0.1) is 11.3 Å². The van der Waals surface area contributed by atoms with Crippen LogP contribution in [0, 0.1) is 6.92 Å². The molecule has 0 radical (unpaired) electrons. The standard InChI is InChI=1S/C14H14N2O3S/c1-8-7-11(20-12(8)14(18)19)15-13(17)10-3-2-6-16(10)9-4-5-9/h2-3,6-7,9H,4-5H2,1H3,(H,15,17)(H,18,19). The third kappa shape index (κ3) is 2.34. The van der Waals surface area contributed by atoms with Crippen molar-refractivity contribution in [2.75, 3.05) is 5.32 Å². The Bertz CT molecular complexity index is 682. The first-order valence-electron chi connectivity index (χ1n) is 6.38. The van der Waals surface area contributed by atoms with Crippen LogP contribution < -0.4 is 5.32 Å². The SMILES string of the molecule is Cc1cc(NC(=O)c2cccn2C2CC2)sc1C(=O)O. The third-order valence-corrected chi connectivity index (χ3v) is 4.44. The van der Waals surface area contributed by atoms with Gasteiger partial charge >= 0.3 is 5.97 Å². The second-order valence-corrected chi connectivity index (χ2v) is 5.97. The molecule has 2 aromatic heterocycles. The highest BCUT2D eigenvalue weighted by molar-refractivity contribution is 7.18. The summed E-state index contributed by atoms with van der Waals surface area (Å²) in [7, 11) is 0. The molecular weight excluding hydrogens is 276 g/mol. The second kappa shape index (κ2) is 4.79. The zero-order valence-corrected chi connectivity index (χ0v) is 11.7. The van der Waals surface area contributed by atoms with Crippen molar-refractivity contribution in [3.05, 3.63) is 40.5 Å². The van der Waals surface area contributed by atoms with Crippen LogP contribution in [0.3, 0.4) is 0 Å². The molecule has 0 atom stereocenters. The molecule has 0 bridgehead atoms. The molecule has 1 aliphatic carbocycles. The molecule has 2 aromatic rings. The minimum Gasteiger partial charge on any atom is -0.477 e. The molecule has 1 fully saturated rings. The molecular formula is C14H14N2O3S. The van der Waals surface area contributed by atoms with E-state index in [1.807, 2.05) is 16.8 Å². The van der Waals surface area contributed by atoms with E-state index in [0.717, 1.165) is 24.2 Å². The van der Waals surface area contributed by atoms with Gasteiger partial charge in [-0.1, -0.05) is 0 Å². The second-order valence-electron chi connectivity index (χ2n) is 4.91. The summed E-state index contributed by atoms with van der Waals surface area (Å²) in [4.78, 5) is 23.5. The van der Waals surface area contributed by atoms with Crippen LogP contribution >= 0.6 is 11.3 Å². The van der Waals surface area contributed by atoms with E-state index in [4.69, 9.17) is 5.11 Å². The van der Waals surface area contributed by atoms with E-state index in [0.29, 0.717) is 22.3 Å². The average Bonchev–Trinajstić information content (AvgIpc) is 2.99. The Morgan fingerprint density at radius 3 is 2.80 bits per heavy atom. The molecule has 2 heterocycles. The lowest BCUT2D eigenvalue weighted by Crippen LogP contribution is -2.15. The first-order chi connectivity index (χ1) is 9.56. The smallest absolute Gasteiger partial charge is 0.346 e. The highest BCUT2D eigenvalue weighted by Gasteiger charge is 2.27. The monoisotopic (exact) mass is 290 g/mol. The van der Waals surface area contributed by atoms with E-state index < -0.39 is 5.97 Å². The Labute approximate surface area is 119 Å². The minimum absolute atomic E-state index is 0.194. The van der Waals surface area contributed by atoms with Crippen molar-refractivity contribution in [3.8, 4) is 0 Å². The van der Waals surface area contributed by atoms with Gasteiger partial charge in [0.2, 0.25) is 0 Å².